The fraction of sp³-hybridized carbons (Fsp3) is 0.455. The second-order valence-corrected chi connectivity index (χ2v) is 7.78. The highest BCUT2D eigenvalue weighted by Crippen LogP contribution is 2.36. The third-order valence-electron chi connectivity index (χ3n) is 4.95. The molecule has 2 aromatic carbocycles. The number of benzene rings is 2. The van der Waals surface area contributed by atoms with E-state index in [1.54, 1.807) is 25.3 Å². The van der Waals surface area contributed by atoms with E-state index in [1.165, 1.54) is 6.07 Å². The maximum Gasteiger partial charge on any atom is 0.167 e. The molecule has 3 rings (SSSR count). The molecule has 1 saturated heterocycles. The van der Waals surface area contributed by atoms with E-state index >= 15 is 0 Å². The van der Waals surface area contributed by atoms with Crippen molar-refractivity contribution in [2.45, 2.75) is 19.6 Å². The summed E-state index contributed by atoms with van der Waals surface area (Å²) >= 11 is 3.61. The van der Waals surface area contributed by atoms with Gasteiger partial charge in [-0.2, -0.15) is 0 Å². The summed E-state index contributed by atoms with van der Waals surface area (Å²) in [6, 6.07) is 10.4. The molecule has 0 unspecified atom stereocenters. The van der Waals surface area contributed by atoms with Gasteiger partial charge >= 0.3 is 0 Å². The van der Waals surface area contributed by atoms with E-state index in [0.717, 1.165) is 55.8 Å². The van der Waals surface area contributed by atoms with Crippen molar-refractivity contribution in [2.75, 3.05) is 46.5 Å². The number of rotatable bonds is 10. The number of nitrogens with one attached hydrogen (secondary N) is 1. The molecule has 1 fully saturated rings. The third kappa shape index (κ3) is 6.40. The molecular weight excluding hydrogens is 439 g/mol. The number of nitrogens with zero attached hydrogens (tertiary/aromatic N) is 1. The molecule has 5 nitrogen and oxygen atoms in total. The van der Waals surface area contributed by atoms with Gasteiger partial charge in [0.25, 0.3) is 0 Å². The Balaban J connectivity index is 1.58. The Morgan fingerprint density at radius 3 is 2.72 bits per heavy atom. The van der Waals surface area contributed by atoms with E-state index in [0.29, 0.717) is 23.6 Å². The van der Waals surface area contributed by atoms with Crippen LogP contribution in [0, 0.1) is 5.82 Å². The summed E-state index contributed by atoms with van der Waals surface area (Å²) in [6.45, 7) is 6.40. The van der Waals surface area contributed by atoms with Crippen molar-refractivity contribution in [1.82, 2.24) is 10.2 Å². The van der Waals surface area contributed by atoms with Crippen LogP contribution in [0.1, 0.15) is 17.5 Å². The zero-order chi connectivity index (χ0) is 20.5. The van der Waals surface area contributed by atoms with E-state index in [9.17, 15) is 4.39 Å². The van der Waals surface area contributed by atoms with E-state index in [1.807, 2.05) is 12.1 Å². The smallest absolute Gasteiger partial charge is 0.167 e. The van der Waals surface area contributed by atoms with Crippen LogP contribution >= 0.6 is 15.9 Å². The zero-order valence-corrected chi connectivity index (χ0v) is 18.3. The fourth-order valence-electron chi connectivity index (χ4n) is 3.30. The highest BCUT2D eigenvalue weighted by Gasteiger charge is 2.16. The van der Waals surface area contributed by atoms with Crippen LogP contribution in [0.5, 0.6) is 11.5 Å². The number of ether oxygens (including phenoxy) is 3. The minimum Gasteiger partial charge on any atom is -0.493 e. The van der Waals surface area contributed by atoms with Crippen molar-refractivity contribution in [3.8, 4) is 11.5 Å². The minimum atomic E-state index is -0.274. The van der Waals surface area contributed by atoms with Gasteiger partial charge in [-0.25, -0.2) is 4.39 Å². The molecule has 0 radical (unpaired) electrons. The van der Waals surface area contributed by atoms with Gasteiger partial charge in [-0.05, 0) is 37.7 Å². The Morgan fingerprint density at radius 1 is 1.17 bits per heavy atom. The Labute approximate surface area is 180 Å². The monoisotopic (exact) mass is 466 g/mol. The number of hydrogen-bond acceptors (Lipinski definition) is 5. The van der Waals surface area contributed by atoms with Crippen LogP contribution in [0.25, 0.3) is 0 Å². The van der Waals surface area contributed by atoms with Crippen LogP contribution in [0.2, 0.25) is 0 Å². The Hall–Kier alpha value is -1.67. The lowest BCUT2D eigenvalue weighted by atomic mass is 10.1. The summed E-state index contributed by atoms with van der Waals surface area (Å²) in [5.74, 6) is 0.990. The second-order valence-electron chi connectivity index (χ2n) is 6.92. The van der Waals surface area contributed by atoms with Crippen LogP contribution in [-0.4, -0.2) is 51.4 Å². The molecule has 7 heteroatoms. The number of morpholine rings is 1. The lowest BCUT2D eigenvalue weighted by Crippen LogP contribution is -2.37. The van der Waals surface area contributed by atoms with Crippen molar-refractivity contribution in [2.24, 2.45) is 0 Å². The average Bonchev–Trinajstić information content (AvgIpc) is 2.75. The van der Waals surface area contributed by atoms with E-state index in [4.69, 9.17) is 14.2 Å². The summed E-state index contributed by atoms with van der Waals surface area (Å²) in [7, 11) is 1.61. The lowest BCUT2D eigenvalue weighted by molar-refractivity contribution is 0.0374. The van der Waals surface area contributed by atoms with Gasteiger partial charge in [0.15, 0.2) is 11.5 Å². The maximum atomic E-state index is 14.0. The van der Waals surface area contributed by atoms with Crippen LogP contribution in [0.3, 0.4) is 0 Å². The van der Waals surface area contributed by atoms with Gasteiger partial charge in [0.1, 0.15) is 12.4 Å². The first-order chi connectivity index (χ1) is 14.2. The predicted octanol–water partition coefficient (Wildman–Crippen LogP) is 3.99. The molecule has 0 aliphatic carbocycles. The molecular formula is C22H28BrFN2O3. The summed E-state index contributed by atoms with van der Waals surface area (Å²) in [5, 5.41) is 3.49. The largest absolute Gasteiger partial charge is 0.493 e. The van der Waals surface area contributed by atoms with Gasteiger partial charge in [-0.15, -0.1) is 0 Å². The molecule has 1 heterocycles. The molecule has 1 N–H and O–H groups in total. The first-order valence-electron chi connectivity index (χ1n) is 9.91. The summed E-state index contributed by atoms with van der Waals surface area (Å²) < 4.78 is 31.8. The molecule has 1 aliphatic rings. The number of halogens is 2. The van der Waals surface area contributed by atoms with Gasteiger partial charge in [0.05, 0.1) is 20.3 Å². The van der Waals surface area contributed by atoms with Gasteiger partial charge in [0, 0.05) is 35.2 Å². The number of methoxy groups -OCH3 is 1. The van der Waals surface area contributed by atoms with Gasteiger partial charge in [0.2, 0.25) is 0 Å². The molecule has 0 bridgehead atoms. The Bertz CT molecular complexity index is 785. The Kier molecular flexibility index (Phi) is 8.73. The lowest BCUT2D eigenvalue weighted by Gasteiger charge is -2.26. The molecule has 29 heavy (non-hydrogen) atoms. The third-order valence-corrected chi connectivity index (χ3v) is 5.69. The van der Waals surface area contributed by atoms with Crippen molar-refractivity contribution in [3.63, 3.8) is 0 Å². The molecule has 1 aliphatic heterocycles. The maximum absolute atomic E-state index is 14.0. The van der Waals surface area contributed by atoms with E-state index < -0.39 is 0 Å². The molecule has 0 atom stereocenters. The average molecular weight is 467 g/mol. The van der Waals surface area contributed by atoms with E-state index in [2.05, 4.69) is 26.1 Å². The molecule has 0 aromatic heterocycles. The Morgan fingerprint density at radius 2 is 1.97 bits per heavy atom. The van der Waals surface area contributed by atoms with Crippen LogP contribution in [-0.2, 0) is 17.9 Å². The zero-order valence-electron chi connectivity index (χ0n) is 16.8. The summed E-state index contributed by atoms with van der Waals surface area (Å²) in [4.78, 5) is 2.43. The van der Waals surface area contributed by atoms with Crippen molar-refractivity contribution in [3.05, 3.63) is 57.8 Å². The standard InChI is InChI=1S/C22H28BrFN2O3/c1-27-21-8-7-19(23)18(15-25-9-4-10-26-11-13-28-14-12-26)22(21)29-16-17-5-2-3-6-20(17)24/h2-3,5-8,25H,4,9-16H2,1H3. The van der Waals surface area contributed by atoms with Gasteiger partial charge < -0.3 is 19.5 Å². The van der Waals surface area contributed by atoms with E-state index in [-0.39, 0.29) is 12.4 Å². The quantitative estimate of drug-likeness (QED) is 0.536. The fourth-order valence-corrected chi connectivity index (χ4v) is 3.75. The minimum absolute atomic E-state index is 0.142. The van der Waals surface area contributed by atoms with Crippen molar-refractivity contribution < 1.29 is 18.6 Å². The topological polar surface area (TPSA) is 43.0 Å². The summed E-state index contributed by atoms with van der Waals surface area (Å²) in [5.41, 5.74) is 1.48. The molecule has 0 amide bonds. The van der Waals surface area contributed by atoms with Crippen LogP contribution in [0.4, 0.5) is 4.39 Å². The van der Waals surface area contributed by atoms with Crippen LogP contribution in [0.15, 0.2) is 40.9 Å². The van der Waals surface area contributed by atoms with Crippen LogP contribution < -0.4 is 14.8 Å². The predicted molar refractivity (Wildman–Crippen MR) is 115 cm³/mol. The number of hydrogen-bond donors (Lipinski definition) is 1. The first kappa shape index (κ1) is 22.0. The first-order valence-corrected chi connectivity index (χ1v) is 10.7. The SMILES string of the molecule is COc1ccc(Br)c(CNCCCN2CCOCC2)c1OCc1ccccc1F. The highest BCUT2D eigenvalue weighted by molar-refractivity contribution is 9.10. The highest BCUT2D eigenvalue weighted by atomic mass is 79.9. The molecule has 158 valence electrons. The van der Waals surface area contributed by atoms with Crippen molar-refractivity contribution >= 4 is 15.9 Å². The summed E-state index contributed by atoms with van der Waals surface area (Å²) in [6.07, 6.45) is 1.06. The molecule has 0 spiro atoms. The van der Waals surface area contributed by atoms with Gasteiger partial charge in [-0.3, -0.25) is 4.90 Å². The van der Waals surface area contributed by atoms with Crippen molar-refractivity contribution in [1.29, 1.82) is 0 Å². The normalized spacial score (nSPS) is 14.7. The van der Waals surface area contributed by atoms with Gasteiger partial charge in [-0.1, -0.05) is 34.1 Å². The molecule has 2 aromatic rings. The second kappa shape index (κ2) is 11.5. The molecule has 0 saturated carbocycles.